The molecule has 0 aromatic carbocycles. The molecule has 0 bridgehead atoms. The minimum absolute atomic E-state index is 0.360. The van der Waals surface area contributed by atoms with Gasteiger partial charge >= 0.3 is 0 Å². The fourth-order valence-electron chi connectivity index (χ4n) is 1.14. The largest absolute Gasteiger partial charge is 0.315 e. The Morgan fingerprint density at radius 2 is 2.46 bits per heavy atom. The van der Waals surface area contributed by atoms with E-state index in [4.69, 9.17) is 11.6 Å². The number of nitrogens with one attached hydrogen (secondary N) is 1. The molecule has 1 N–H and O–H groups in total. The summed E-state index contributed by atoms with van der Waals surface area (Å²) in [5.41, 5.74) is 0. The van der Waals surface area contributed by atoms with Gasteiger partial charge in [-0.15, -0.1) is 0 Å². The molecule has 1 heterocycles. The van der Waals surface area contributed by atoms with E-state index < -0.39 is 0 Å². The highest BCUT2D eigenvalue weighted by Gasteiger charge is 2.04. The quantitative estimate of drug-likeness (QED) is 0.740. The fourth-order valence-corrected chi connectivity index (χ4v) is 1.28. The van der Waals surface area contributed by atoms with Crippen molar-refractivity contribution in [1.82, 2.24) is 15.1 Å². The maximum Gasteiger partial charge on any atom is 0.0785 e. The Balaban J connectivity index is 2.35. The zero-order valence-corrected chi connectivity index (χ0v) is 8.88. The molecule has 0 amide bonds. The third-order valence-corrected chi connectivity index (χ3v) is 2.08. The van der Waals surface area contributed by atoms with E-state index in [1.54, 1.807) is 6.20 Å². The van der Waals surface area contributed by atoms with Crippen molar-refractivity contribution in [3.63, 3.8) is 0 Å². The summed E-state index contributed by atoms with van der Waals surface area (Å²) < 4.78 is 1.88. The van der Waals surface area contributed by atoms with Crippen molar-refractivity contribution in [2.24, 2.45) is 0 Å². The van der Waals surface area contributed by atoms with E-state index >= 15 is 0 Å². The van der Waals surface area contributed by atoms with E-state index in [9.17, 15) is 0 Å². The van der Waals surface area contributed by atoms with Crippen LogP contribution < -0.4 is 5.32 Å². The smallest absolute Gasteiger partial charge is 0.0785 e. The Morgan fingerprint density at radius 1 is 1.69 bits per heavy atom. The first kappa shape index (κ1) is 10.5. The standard InChI is InChI=1S/C9H16ClN3/c1-3-4-11-5-8(2)13-7-9(10)6-12-13/h6-8,11H,3-5H2,1-2H3. The normalized spacial score (nSPS) is 13.2. The van der Waals surface area contributed by atoms with Crippen molar-refractivity contribution in [3.8, 4) is 0 Å². The zero-order chi connectivity index (χ0) is 9.68. The van der Waals surface area contributed by atoms with Crippen LogP contribution >= 0.6 is 11.6 Å². The number of nitrogens with zero attached hydrogens (tertiary/aromatic N) is 2. The van der Waals surface area contributed by atoms with Gasteiger partial charge in [-0.05, 0) is 19.9 Å². The molecule has 0 fully saturated rings. The highest BCUT2D eigenvalue weighted by atomic mass is 35.5. The van der Waals surface area contributed by atoms with Crippen LogP contribution in [-0.2, 0) is 0 Å². The summed E-state index contributed by atoms with van der Waals surface area (Å²) in [6, 6.07) is 0.360. The van der Waals surface area contributed by atoms with Crippen molar-refractivity contribution >= 4 is 11.6 Å². The molecule has 1 aromatic rings. The van der Waals surface area contributed by atoms with Crippen molar-refractivity contribution in [2.75, 3.05) is 13.1 Å². The van der Waals surface area contributed by atoms with Gasteiger partial charge in [0, 0.05) is 12.7 Å². The topological polar surface area (TPSA) is 29.9 Å². The fraction of sp³-hybridized carbons (Fsp3) is 0.667. The summed E-state index contributed by atoms with van der Waals surface area (Å²) in [6.45, 7) is 6.26. The molecule has 0 aliphatic rings. The Labute approximate surface area is 84.1 Å². The molecule has 1 unspecified atom stereocenters. The lowest BCUT2D eigenvalue weighted by atomic mass is 10.3. The van der Waals surface area contributed by atoms with Gasteiger partial charge < -0.3 is 5.32 Å². The maximum absolute atomic E-state index is 5.76. The van der Waals surface area contributed by atoms with Crippen LogP contribution in [0.1, 0.15) is 26.3 Å². The van der Waals surface area contributed by atoms with Crippen LogP contribution in [0.25, 0.3) is 0 Å². The lowest BCUT2D eigenvalue weighted by molar-refractivity contribution is 0.454. The van der Waals surface area contributed by atoms with Gasteiger partial charge in [0.1, 0.15) is 0 Å². The van der Waals surface area contributed by atoms with Gasteiger partial charge in [0.05, 0.1) is 17.3 Å². The molecule has 74 valence electrons. The van der Waals surface area contributed by atoms with Crippen LogP contribution in [0.5, 0.6) is 0 Å². The molecular formula is C9H16ClN3. The van der Waals surface area contributed by atoms with Crippen LogP contribution in [0.2, 0.25) is 5.02 Å². The van der Waals surface area contributed by atoms with Crippen molar-refractivity contribution < 1.29 is 0 Å². The molecule has 1 rings (SSSR count). The number of hydrogen-bond acceptors (Lipinski definition) is 2. The van der Waals surface area contributed by atoms with Gasteiger partial charge in [0.2, 0.25) is 0 Å². The van der Waals surface area contributed by atoms with Gasteiger partial charge in [-0.2, -0.15) is 5.10 Å². The van der Waals surface area contributed by atoms with E-state index in [0.29, 0.717) is 11.1 Å². The SMILES string of the molecule is CCCNCC(C)n1cc(Cl)cn1. The second kappa shape index (κ2) is 5.25. The predicted octanol–water partition coefficient (Wildman–Crippen LogP) is 2.10. The average molecular weight is 202 g/mol. The highest BCUT2D eigenvalue weighted by Crippen LogP contribution is 2.09. The second-order valence-corrected chi connectivity index (χ2v) is 3.63. The lowest BCUT2D eigenvalue weighted by Crippen LogP contribution is -2.24. The number of aromatic nitrogens is 2. The summed E-state index contributed by atoms with van der Waals surface area (Å²) in [6.07, 6.45) is 4.67. The minimum Gasteiger partial charge on any atom is -0.315 e. The second-order valence-electron chi connectivity index (χ2n) is 3.19. The van der Waals surface area contributed by atoms with Crippen LogP contribution in [-0.4, -0.2) is 22.9 Å². The van der Waals surface area contributed by atoms with Gasteiger partial charge in [0.15, 0.2) is 0 Å². The lowest BCUT2D eigenvalue weighted by Gasteiger charge is -2.12. The van der Waals surface area contributed by atoms with Gasteiger partial charge in [-0.1, -0.05) is 18.5 Å². The summed E-state index contributed by atoms with van der Waals surface area (Å²) in [5, 5.41) is 8.17. The van der Waals surface area contributed by atoms with Gasteiger partial charge in [-0.25, -0.2) is 0 Å². The molecule has 0 aliphatic heterocycles. The molecule has 3 nitrogen and oxygen atoms in total. The molecule has 0 spiro atoms. The number of rotatable bonds is 5. The molecule has 0 saturated heterocycles. The first-order valence-corrected chi connectivity index (χ1v) is 5.02. The van der Waals surface area contributed by atoms with E-state index in [-0.39, 0.29) is 0 Å². The first-order chi connectivity index (χ1) is 6.24. The summed E-state index contributed by atoms with van der Waals surface area (Å²) in [4.78, 5) is 0. The Bertz CT molecular complexity index is 247. The monoisotopic (exact) mass is 201 g/mol. The molecule has 1 aromatic heterocycles. The number of hydrogen-bond donors (Lipinski definition) is 1. The molecule has 0 radical (unpaired) electrons. The van der Waals surface area contributed by atoms with E-state index in [1.165, 1.54) is 0 Å². The summed E-state index contributed by atoms with van der Waals surface area (Å²) in [5.74, 6) is 0. The molecule has 0 aliphatic carbocycles. The van der Waals surface area contributed by atoms with Crippen LogP contribution in [0.3, 0.4) is 0 Å². The Morgan fingerprint density at radius 3 is 3.00 bits per heavy atom. The highest BCUT2D eigenvalue weighted by molar-refractivity contribution is 6.30. The third kappa shape index (κ3) is 3.36. The zero-order valence-electron chi connectivity index (χ0n) is 8.13. The maximum atomic E-state index is 5.76. The van der Waals surface area contributed by atoms with Crippen molar-refractivity contribution in [2.45, 2.75) is 26.3 Å². The predicted molar refractivity (Wildman–Crippen MR) is 55.1 cm³/mol. The Kier molecular flexibility index (Phi) is 4.25. The van der Waals surface area contributed by atoms with Gasteiger partial charge in [0.25, 0.3) is 0 Å². The molecule has 1 atom stereocenters. The van der Waals surface area contributed by atoms with Crippen LogP contribution in [0, 0.1) is 0 Å². The first-order valence-electron chi connectivity index (χ1n) is 4.64. The summed E-state index contributed by atoms with van der Waals surface area (Å²) in [7, 11) is 0. The third-order valence-electron chi connectivity index (χ3n) is 1.89. The van der Waals surface area contributed by atoms with Crippen LogP contribution in [0.4, 0.5) is 0 Å². The molecule has 4 heteroatoms. The molecule has 13 heavy (non-hydrogen) atoms. The van der Waals surface area contributed by atoms with E-state index in [2.05, 4.69) is 24.3 Å². The van der Waals surface area contributed by atoms with Gasteiger partial charge in [-0.3, -0.25) is 4.68 Å². The minimum atomic E-state index is 0.360. The average Bonchev–Trinajstić information content (AvgIpc) is 2.52. The van der Waals surface area contributed by atoms with E-state index in [1.807, 2.05) is 10.9 Å². The van der Waals surface area contributed by atoms with Crippen molar-refractivity contribution in [1.29, 1.82) is 0 Å². The number of halogens is 1. The molecule has 0 saturated carbocycles. The van der Waals surface area contributed by atoms with E-state index in [0.717, 1.165) is 19.5 Å². The Hall–Kier alpha value is -0.540. The molecular weight excluding hydrogens is 186 g/mol. The van der Waals surface area contributed by atoms with Crippen molar-refractivity contribution in [3.05, 3.63) is 17.4 Å². The summed E-state index contributed by atoms with van der Waals surface area (Å²) >= 11 is 5.76. The van der Waals surface area contributed by atoms with Crippen LogP contribution in [0.15, 0.2) is 12.4 Å².